The van der Waals surface area contributed by atoms with E-state index in [2.05, 4.69) is 41.1 Å². The van der Waals surface area contributed by atoms with Crippen molar-refractivity contribution in [2.24, 2.45) is 5.92 Å². The van der Waals surface area contributed by atoms with Crippen molar-refractivity contribution in [3.63, 3.8) is 0 Å². The summed E-state index contributed by atoms with van der Waals surface area (Å²) in [6, 6.07) is 9.11. The number of pyridine rings is 1. The second-order valence-corrected chi connectivity index (χ2v) is 14.0. The van der Waals surface area contributed by atoms with Crippen LogP contribution in [0.1, 0.15) is 100 Å². The van der Waals surface area contributed by atoms with Gasteiger partial charge in [0.05, 0.1) is 5.39 Å². The maximum absolute atomic E-state index is 15.9. The van der Waals surface area contributed by atoms with Crippen LogP contribution >= 0.6 is 0 Å². The first-order chi connectivity index (χ1) is 22.1. The van der Waals surface area contributed by atoms with Gasteiger partial charge in [0.15, 0.2) is 0 Å². The van der Waals surface area contributed by atoms with Crippen LogP contribution in [0, 0.1) is 12.8 Å². The predicted molar refractivity (Wildman–Crippen MR) is 182 cm³/mol. The van der Waals surface area contributed by atoms with Crippen LogP contribution in [0.2, 0.25) is 0 Å². The highest BCUT2D eigenvalue weighted by atomic mass is 19.3. The second-order valence-electron chi connectivity index (χ2n) is 14.0. The summed E-state index contributed by atoms with van der Waals surface area (Å²) >= 11 is 0. The summed E-state index contributed by atoms with van der Waals surface area (Å²) in [5, 5.41) is 4.37. The topological polar surface area (TPSA) is 66.3 Å². The van der Waals surface area contributed by atoms with Gasteiger partial charge in [0, 0.05) is 42.2 Å². The lowest BCUT2D eigenvalue weighted by Gasteiger charge is -2.35. The van der Waals surface area contributed by atoms with Gasteiger partial charge in [0.25, 0.3) is 11.5 Å². The van der Waals surface area contributed by atoms with Crippen molar-refractivity contribution in [2.45, 2.75) is 103 Å². The molecule has 0 amide bonds. The van der Waals surface area contributed by atoms with Crippen molar-refractivity contribution in [3.8, 4) is 0 Å². The summed E-state index contributed by atoms with van der Waals surface area (Å²) in [6.45, 7) is 13.0. The molecule has 7 rings (SSSR count). The third kappa shape index (κ3) is 6.91. The molecule has 7 nitrogen and oxygen atoms in total. The van der Waals surface area contributed by atoms with Gasteiger partial charge in [-0.25, -0.2) is 18.7 Å². The van der Waals surface area contributed by atoms with Gasteiger partial charge >= 0.3 is 0 Å². The van der Waals surface area contributed by atoms with Gasteiger partial charge in [-0.2, -0.15) is 0 Å². The Morgan fingerprint density at radius 3 is 2.46 bits per heavy atom. The molecule has 1 unspecified atom stereocenters. The minimum absolute atomic E-state index is 0.0556. The van der Waals surface area contributed by atoms with E-state index in [4.69, 9.17) is 9.97 Å². The van der Waals surface area contributed by atoms with E-state index in [1.165, 1.54) is 0 Å². The smallest absolute Gasteiger partial charge is 0.276 e. The maximum Gasteiger partial charge on any atom is 0.276 e. The number of piperidine rings is 2. The van der Waals surface area contributed by atoms with E-state index in [-0.39, 0.29) is 23.1 Å². The molecule has 248 valence electrons. The van der Waals surface area contributed by atoms with Gasteiger partial charge < -0.3 is 10.2 Å². The maximum atomic E-state index is 15.9. The second kappa shape index (κ2) is 13.9. The van der Waals surface area contributed by atoms with Gasteiger partial charge in [-0.15, -0.1) is 0 Å². The fourth-order valence-corrected chi connectivity index (χ4v) is 7.60. The van der Waals surface area contributed by atoms with Crippen LogP contribution in [0.5, 0.6) is 0 Å². The van der Waals surface area contributed by atoms with E-state index in [1.807, 2.05) is 30.5 Å². The first-order valence-electron chi connectivity index (χ1n) is 17.4. The lowest BCUT2D eigenvalue weighted by molar-refractivity contribution is -0.0847. The first-order valence-corrected chi connectivity index (χ1v) is 17.4. The largest absolute Gasteiger partial charge is 0.363 e. The summed E-state index contributed by atoms with van der Waals surface area (Å²) < 4.78 is 33.7. The third-order valence-electron chi connectivity index (χ3n) is 10.5. The van der Waals surface area contributed by atoms with E-state index in [0.717, 1.165) is 68.3 Å². The SMILES string of the molecule is Cc1nc2c3cc(C4CCN(C(C)C)CC4)c(=O)n(c3n1)CCCC/C=C\CN1CCC(CC1)C(F)(F)c1cccc(c1)C(C)N2. The summed E-state index contributed by atoms with van der Waals surface area (Å²) in [5.41, 5.74) is 2.39. The van der Waals surface area contributed by atoms with Crippen LogP contribution in [-0.4, -0.2) is 63.1 Å². The van der Waals surface area contributed by atoms with E-state index < -0.39 is 11.8 Å². The quantitative estimate of drug-likeness (QED) is 0.297. The summed E-state index contributed by atoms with van der Waals surface area (Å²) in [4.78, 5) is 28.6. The van der Waals surface area contributed by atoms with Crippen molar-refractivity contribution in [1.29, 1.82) is 0 Å². The van der Waals surface area contributed by atoms with Gasteiger partial charge in [-0.05, 0) is 122 Å². The zero-order chi connectivity index (χ0) is 32.4. The molecular formula is C37H50F2N6O. The number of benzene rings is 1. The van der Waals surface area contributed by atoms with Gasteiger partial charge in [-0.1, -0.05) is 30.4 Å². The molecule has 2 fully saturated rings. The van der Waals surface area contributed by atoms with Crippen molar-refractivity contribution in [2.75, 3.05) is 38.0 Å². The highest BCUT2D eigenvalue weighted by molar-refractivity contribution is 5.87. The number of anilines is 1. The van der Waals surface area contributed by atoms with Crippen LogP contribution in [0.4, 0.5) is 14.6 Å². The number of hydrogen-bond donors (Lipinski definition) is 1. The van der Waals surface area contributed by atoms with Crippen molar-refractivity contribution < 1.29 is 8.78 Å². The molecule has 4 aliphatic heterocycles. The number of alkyl halides is 2. The molecule has 2 aromatic heterocycles. The molecule has 4 aliphatic rings. The summed E-state index contributed by atoms with van der Waals surface area (Å²) in [6.07, 6.45) is 9.96. The minimum Gasteiger partial charge on any atom is -0.363 e. The molecule has 46 heavy (non-hydrogen) atoms. The van der Waals surface area contributed by atoms with Crippen molar-refractivity contribution >= 4 is 16.9 Å². The Bertz CT molecular complexity index is 1600. The molecule has 0 aliphatic carbocycles. The summed E-state index contributed by atoms with van der Waals surface area (Å²) in [7, 11) is 0. The highest BCUT2D eigenvalue weighted by Gasteiger charge is 2.42. The van der Waals surface area contributed by atoms with Crippen molar-refractivity contribution in [1.82, 2.24) is 24.3 Å². The average Bonchev–Trinajstić information content (AvgIpc) is 3.05. The number of halogens is 2. The van der Waals surface area contributed by atoms with Crippen molar-refractivity contribution in [3.05, 3.63) is 75.4 Å². The van der Waals surface area contributed by atoms with Crippen LogP contribution in [0.3, 0.4) is 0 Å². The Kier molecular flexibility index (Phi) is 9.90. The molecule has 9 heteroatoms. The Hall–Kier alpha value is -3.17. The first kappa shape index (κ1) is 32.8. The number of aromatic nitrogens is 3. The molecule has 2 saturated heterocycles. The fraction of sp³-hybridized carbons (Fsp3) is 0.595. The zero-order valence-electron chi connectivity index (χ0n) is 27.9. The molecule has 0 spiro atoms. The molecule has 6 heterocycles. The highest BCUT2D eigenvalue weighted by Crippen LogP contribution is 2.42. The molecular weight excluding hydrogens is 582 g/mol. The average molecular weight is 633 g/mol. The molecule has 1 atom stereocenters. The van der Waals surface area contributed by atoms with Crippen LogP contribution < -0.4 is 10.9 Å². The monoisotopic (exact) mass is 632 g/mol. The Morgan fingerprint density at radius 1 is 0.957 bits per heavy atom. The number of hydrogen-bond acceptors (Lipinski definition) is 6. The molecule has 3 aromatic rings. The number of nitrogens with zero attached hydrogens (tertiary/aromatic N) is 5. The van der Waals surface area contributed by atoms with Gasteiger partial charge in [0.1, 0.15) is 17.3 Å². The lowest BCUT2D eigenvalue weighted by Crippen LogP contribution is -2.39. The summed E-state index contributed by atoms with van der Waals surface area (Å²) in [5.74, 6) is -2.18. The number of nitrogens with one attached hydrogen (secondary N) is 1. The van der Waals surface area contributed by atoms with Gasteiger partial charge in [0.2, 0.25) is 0 Å². The number of likely N-dealkylation sites (tertiary alicyclic amines) is 1. The zero-order valence-corrected chi connectivity index (χ0v) is 27.9. The third-order valence-corrected chi connectivity index (χ3v) is 10.5. The number of rotatable bonds is 2. The molecule has 1 aromatic carbocycles. The minimum atomic E-state index is -2.90. The van der Waals surface area contributed by atoms with E-state index in [0.29, 0.717) is 55.8 Å². The number of allylic oxidation sites excluding steroid dienone is 1. The van der Waals surface area contributed by atoms with Crippen LogP contribution in [0.25, 0.3) is 11.0 Å². The van der Waals surface area contributed by atoms with Gasteiger partial charge in [-0.3, -0.25) is 14.3 Å². The Morgan fingerprint density at radius 2 is 1.72 bits per heavy atom. The van der Waals surface area contributed by atoms with E-state index in [1.54, 1.807) is 18.2 Å². The number of fused-ring (bicyclic) bond motifs is 8. The molecule has 8 bridgehead atoms. The molecule has 1 N–H and O–H groups in total. The van der Waals surface area contributed by atoms with E-state index in [9.17, 15) is 4.79 Å². The molecule has 0 saturated carbocycles. The number of aryl methyl sites for hydroxylation is 2. The fourth-order valence-electron chi connectivity index (χ4n) is 7.60. The molecule has 0 radical (unpaired) electrons. The lowest BCUT2D eigenvalue weighted by atomic mass is 9.85. The van der Waals surface area contributed by atoms with Crippen LogP contribution in [-0.2, 0) is 12.5 Å². The van der Waals surface area contributed by atoms with Crippen LogP contribution in [0.15, 0.2) is 47.3 Å². The van der Waals surface area contributed by atoms with E-state index >= 15 is 8.78 Å². The standard InChI is InChI=1S/C37H50F2N6O/c1-25(2)44-21-13-28(14-22-44)32-24-33-34-40-26(3)29-11-10-12-31(23-29)37(38,39)30-15-19-43(20-16-30)17-8-6-5-7-9-18-45(36(32)46)35(33)42-27(4)41-34/h6,8,10-12,23-26,28,30H,5,7,9,13-22H2,1-4H3,(H,40,41,42)/b8-6-. The Labute approximate surface area is 272 Å². The Balaban J connectivity index is 1.41. The normalized spacial score (nSPS) is 25.8. The predicted octanol–water partition coefficient (Wildman–Crippen LogP) is 7.40.